The van der Waals surface area contributed by atoms with E-state index in [1.165, 1.54) is 29.6 Å². The Morgan fingerprint density at radius 1 is 0.500 bits per heavy atom. The second-order valence-corrected chi connectivity index (χ2v) is 7.66. The second-order valence-electron chi connectivity index (χ2n) is 7.66. The van der Waals surface area contributed by atoms with Crippen LogP contribution in [0.15, 0.2) is 12.2 Å². The van der Waals surface area contributed by atoms with E-state index < -0.39 is 0 Å². The molecule has 6 rings (SSSR count). The molecule has 0 spiro atoms. The largest absolute Gasteiger partial charge is 0.0845 e. The van der Waals surface area contributed by atoms with E-state index in [4.69, 9.17) is 0 Å². The first-order valence-corrected chi connectivity index (χ1v) is 7.63. The van der Waals surface area contributed by atoms with Crippen molar-refractivity contribution in [3.05, 3.63) is 12.2 Å². The number of allylic oxidation sites excluding steroid dienone is 2. The summed E-state index contributed by atoms with van der Waals surface area (Å²) in [5.74, 6) is 11.6. The van der Waals surface area contributed by atoms with E-state index in [2.05, 4.69) is 12.2 Å². The van der Waals surface area contributed by atoms with Gasteiger partial charge in [-0.1, -0.05) is 12.2 Å². The zero-order valence-electron chi connectivity index (χ0n) is 9.76. The minimum Gasteiger partial charge on any atom is -0.0845 e. The molecule has 0 amide bonds. The van der Waals surface area contributed by atoms with Crippen molar-refractivity contribution >= 4 is 0 Å². The lowest BCUT2D eigenvalue weighted by Crippen LogP contribution is -2.15. The van der Waals surface area contributed by atoms with Crippen molar-refractivity contribution in [3.8, 4) is 0 Å². The molecule has 84 valence electrons. The number of fused-ring (bicyclic) bond motifs is 3. The normalized spacial score (nSPS) is 75.5. The molecule has 0 N–H and O–H groups in total. The monoisotopic (exact) mass is 212 g/mol. The summed E-state index contributed by atoms with van der Waals surface area (Å²) < 4.78 is 0. The second kappa shape index (κ2) is 2.18. The summed E-state index contributed by atoms with van der Waals surface area (Å²) in [6.07, 6.45) is 11.8. The van der Waals surface area contributed by atoms with Crippen molar-refractivity contribution < 1.29 is 0 Å². The number of hydrogen-bond donors (Lipinski definition) is 0. The van der Waals surface area contributed by atoms with Gasteiger partial charge in [-0.25, -0.2) is 0 Å². The predicted octanol–water partition coefficient (Wildman–Crippen LogP) is 3.35. The predicted molar refractivity (Wildman–Crippen MR) is 62.5 cm³/mol. The van der Waals surface area contributed by atoms with Crippen LogP contribution in [0, 0.1) is 59.2 Å². The fourth-order valence-corrected chi connectivity index (χ4v) is 8.12. The van der Waals surface area contributed by atoms with Crippen molar-refractivity contribution in [1.82, 2.24) is 0 Å². The van der Waals surface area contributed by atoms with Gasteiger partial charge in [-0.3, -0.25) is 0 Å². The summed E-state index contributed by atoms with van der Waals surface area (Å²) in [5, 5.41) is 0. The van der Waals surface area contributed by atoms with Gasteiger partial charge in [0.1, 0.15) is 0 Å². The molecular weight excluding hydrogens is 192 g/mol. The zero-order chi connectivity index (χ0) is 10.0. The van der Waals surface area contributed by atoms with Crippen LogP contribution in [0.25, 0.3) is 0 Å². The topological polar surface area (TPSA) is 0 Å². The van der Waals surface area contributed by atoms with Crippen LogP contribution in [-0.2, 0) is 0 Å². The summed E-state index contributed by atoms with van der Waals surface area (Å²) in [6, 6.07) is 0. The van der Waals surface area contributed by atoms with Crippen molar-refractivity contribution in [3.63, 3.8) is 0 Å². The van der Waals surface area contributed by atoms with Crippen LogP contribution in [0.4, 0.5) is 0 Å². The highest BCUT2D eigenvalue weighted by Crippen LogP contribution is 2.78. The van der Waals surface area contributed by atoms with Crippen molar-refractivity contribution in [2.75, 3.05) is 0 Å². The van der Waals surface area contributed by atoms with Gasteiger partial charge in [0.25, 0.3) is 0 Å². The molecule has 6 aliphatic rings. The smallest absolute Gasteiger partial charge is 0.0165 e. The molecule has 0 aromatic heterocycles. The van der Waals surface area contributed by atoms with Gasteiger partial charge in [-0.05, 0) is 84.9 Å². The Balaban J connectivity index is 1.65. The lowest BCUT2D eigenvalue weighted by Gasteiger charge is -2.20. The van der Waals surface area contributed by atoms with Crippen LogP contribution in [-0.4, -0.2) is 0 Å². The highest BCUT2D eigenvalue weighted by molar-refractivity contribution is 5.28. The molecule has 5 fully saturated rings. The van der Waals surface area contributed by atoms with E-state index in [0.29, 0.717) is 0 Å². The Hall–Kier alpha value is -0.260. The van der Waals surface area contributed by atoms with Crippen molar-refractivity contribution in [2.24, 2.45) is 59.2 Å². The van der Waals surface area contributed by atoms with Crippen molar-refractivity contribution in [1.29, 1.82) is 0 Å². The third kappa shape index (κ3) is 0.567. The molecule has 0 bridgehead atoms. The first kappa shape index (κ1) is 7.95. The van der Waals surface area contributed by atoms with E-state index in [0.717, 1.165) is 29.6 Å². The lowest BCUT2D eigenvalue weighted by molar-refractivity contribution is 0.300. The van der Waals surface area contributed by atoms with E-state index in [1.807, 2.05) is 0 Å². The van der Waals surface area contributed by atoms with Gasteiger partial charge in [0.05, 0.1) is 0 Å². The van der Waals surface area contributed by atoms with Crippen LogP contribution in [0.3, 0.4) is 0 Å². The molecule has 10 atom stereocenters. The Bertz CT molecular complexity index is 372. The SMILES string of the molecule is C1=C[C@H]2C3C4[C@@H]5[C@H](CC[C@H]5[C@@H]13)[C@@H]1CC[C@H]2[C@H]41. The molecule has 2 unspecified atom stereocenters. The third-order valence-corrected chi connectivity index (χ3v) is 7.96. The van der Waals surface area contributed by atoms with E-state index in [1.54, 1.807) is 25.7 Å². The molecule has 0 aliphatic heterocycles. The van der Waals surface area contributed by atoms with Crippen LogP contribution in [0.1, 0.15) is 25.7 Å². The summed E-state index contributed by atoms with van der Waals surface area (Å²) in [7, 11) is 0. The maximum Gasteiger partial charge on any atom is -0.0165 e. The first-order chi connectivity index (χ1) is 7.95. The quantitative estimate of drug-likeness (QED) is 0.540. The van der Waals surface area contributed by atoms with E-state index >= 15 is 0 Å². The van der Waals surface area contributed by atoms with Gasteiger partial charge in [-0.2, -0.15) is 0 Å². The minimum atomic E-state index is 1.05. The number of hydrogen-bond acceptors (Lipinski definition) is 0. The molecule has 0 heteroatoms. The summed E-state index contributed by atoms with van der Waals surface area (Å²) in [4.78, 5) is 0. The van der Waals surface area contributed by atoms with E-state index in [9.17, 15) is 0 Å². The fourth-order valence-electron chi connectivity index (χ4n) is 8.12. The number of rotatable bonds is 0. The highest BCUT2D eigenvalue weighted by Gasteiger charge is 2.73. The molecule has 0 radical (unpaired) electrons. The first-order valence-electron chi connectivity index (χ1n) is 7.63. The third-order valence-electron chi connectivity index (χ3n) is 7.96. The molecule has 6 aliphatic carbocycles. The molecule has 0 saturated heterocycles. The lowest BCUT2D eigenvalue weighted by atomic mass is 9.84. The molecular formula is C16H20. The molecule has 16 heavy (non-hydrogen) atoms. The molecule has 5 saturated carbocycles. The molecule has 0 heterocycles. The molecule has 0 aromatic carbocycles. The highest BCUT2D eigenvalue weighted by atomic mass is 14.8. The van der Waals surface area contributed by atoms with E-state index in [-0.39, 0.29) is 0 Å². The standard InChI is InChI=1S/C16H20/c1-2-8-10-5-6-12-11-4-3-9-7(1)13(8)16(14(9)11)15(10)12/h1-2,7-16H,3-6H2/t7-,8-,9-,10+,11+,12-,13?,14+,15+,16?/m1/s1. The summed E-state index contributed by atoms with van der Waals surface area (Å²) in [5.41, 5.74) is 0. The van der Waals surface area contributed by atoms with Crippen LogP contribution in [0.5, 0.6) is 0 Å². The van der Waals surface area contributed by atoms with Crippen LogP contribution >= 0.6 is 0 Å². The fraction of sp³-hybridized carbons (Fsp3) is 0.875. The zero-order valence-corrected chi connectivity index (χ0v) is 9.76. The summed E-state index contributed by atoms with van der Waals surface area (Å²) >= 11 is 0. The molecule has 0 nitrogen and oxygen atoms in total. The Morgan fingerprint density at radius 2 is 1.00 bits per heavy atom. The van der Waals surface area contributed by atoms with Crippen molar-refractivity contribution in [2.45, 2.75) is 25.7 Å². The average molecular weight is 212 g/mol. The minimum absolute atomic E-state index is 1.05. The van der Waals surface area contributed by atoms with Crippen LogP contribution < -0.4 is 0 Å². The Labute approximate surface area is 97.5 Å². The summed E-state index contributed by atoms with van der Waals surface area (Å²) in [6.45, 7) is 0. The van der Waals surface area contributed by atoms with Gasteiger partial charge in [0.15, 0.2) is 0 Å². The van der Waals surface area contributed by atoms with Gasteiger partial charge < -0.3 is 0 Å². The Morgan fingerprint density at radius 3 is 1.56 bits per heavy atom. The molecule has 0 aromatic rings. The Kier molecular flexibility index (Phi) is 1.08. The maximum absolute atomic E-state index is 2.67. The van der Waals surface area contributed by atoms with Gasteiger partial charge >= 0.3 is 0 Å². The van der Waals surface area contributed by atoms with Gasteiger partial charge in [0.2, 0.25) is 0 Å². The van der Waals surface area contributed by atoms with Crippen LogP contribution in [0.2, 0.25) is 0 Å². The van der Waals surface area contributed by atoms with Gasteiger partial charge in [0, 0.05) is 0 Å². The van der Waals surface area contributed by atoms with Gasteiger partial charge in [-0.15, -0.1) is 0 Å². The average Bonchev–Trinajstić information content (AvgIpc) is 2.97. The maximum atomic E-state index is 2.67.